The lowest BCUT2D eigenvalue weighted by Crippen LogP contribution is -2.51. The number of carbonyl (C=O) groups excluding carboxylic acids is 1. The van der Waals surface area contributed by atoms with Crippen molar-refractivity contribution in [3.63, 3.8) is 0 Å². The average Bonchev–Trinajstić information content (AvgIpc) is 3.08. The number of likely N-dealkylation sites (tertiary alicyclic amines) is 1. The van der Waals surface area contributed by atoms with Gasteiger partial charge in [-0.3, -0.25) is 4.79 Å². The first-order chi connectivity index (χ1) is 12.5. The molecule has 0 spiro atoms. The van der Waals surface area contributed by atoms with Crippen LogP contribution in [0.15, 0.2) is 28.8 Å². The Kier molecular flexibility index (Phi) is 9.33. The molecule has 1 aromatic carbocycles. The Morgan fingerprint density at radius 3 is 2.79 bits per heavy atom. The standard InChI is InChI=1S/C19H23F2N3O2.2ClH/c1-12(22)16-4-2-3-9-24(16)19(25)8-7-18-23-11-17(26-18)14-6-5-13(20)10-15(14)21;;/h5-6,10-12,16H,2-4,7-9,22H2,1H3;2*1H. The molecule has 2 atom stereocenters. The summed E-state index contributed by atoms with van der Waals surface area (Å²) < 4.78 is 32.4. The molecule has 3 rings (SSSR count). The molecule has 1 saturated heterocycles. The highest BCUT2D eigenvalue weighted by molar-refractivity contribution is 5.85. The zero-order valence-electron chi connectivity index (χ0n) is 15.6. The third-order valence-corrected chi connectivity index (χ3v) is 4.78. The van der Waals surface area contributed by atoms with Gasteiger partial charge in [0.1, 0.15) is 11.6 Å². The van der Waals surface area contributed by atoms with E-state index in [4.69, 9.17) is 10.2 Å². The number of oxazole rings is 1. The van der Waals surface area contributed by atoms with Gasteiger partial charge in [-0.1, -0.05) is 0 Å². The average molecular weight is 436 g/mol. The third kappa shape index (κ3) is 5.65. The molecule has 9 heteroatoms. The molecule has 2 heterocycles. The number of nitrogens with zero attached hydrogens (tertiary/aromatic N) is 2. The fraction of sp³-hybridized carbons (Fsp3) is 0.474. The second-order valence-corrected chi connectivity index (χ2v) is 6.75. The molecule has 0 radical (unpaired) electrons. The number of carbonyl (C=O) groups is 1. The number of nitrogens with two attached hydrogens (primary N) is 1. The maximum absolute atomic E-state index is 13.8. The topological polar surface area (TPSA) is 72.4 Å². The van der Waals surface area contributed by atoms with Crippen LogP contribution in [0.25, 0.3) is 11.3 Å². The number of halogens is 4. The van der Waals surface area contributed by atoms with Crippen molar-refractivity contribution in [2.24, 2.45) is 5.73 Å². The summed E-state index contributed by atoms with van der Waals surface area (Å²) in [4.78, 5) is 18.5. The van der Waals surface area contributed by atoms with Crippen LogP contribution in [0.2, 0.25) is 0 Å². The summed E-state index contributed by atoms with van der Waals surface area (Å²) >= 11 is 0. The van der Waals surface area contributed by atoms with E-state index < -0.39 is 11.6 Å². The second kappa shape index (κ2) is 10.7. The molecule has 156 valence electrons. The number of hydrogen-bond acceptors (Lipinski definition) is 4. The lowest BCUT2D eigenvalue weighted by molar-refractivity contribution is -0.135. The summed E-state index contributed by atoms with van der Waals surface area (Å²) in [5.74, 6) is -0.763. The van der Waals surface area contributed by atoms with E-state index in [1.807, 2.05) is 11.8 Å². The zero-order chi connectivity index (χ0) is 18.7. The Labute approximate surface area is 175 Å². The minimum absolute atomic E-state index is 0. The van der Waals surface area contributed by atoms with Gasteiger partial charge in [-0.25, -0.2) is 13.8 Å². The van der Waals surface area contributed by atoms with Crippen molar-refractivity contribution in [3.05, 3.63) is 41.9 Å². The van der Waals surface area contributed by atoms with Crippen molar-refractivity contribution in [2.75, 3.05) is 6.54 Å². The van der Waals surface area contributed by atoms with Crippen LogP contribution in [-0.4, -0.2) is 34.4 Å². The molecule has 2 unspecified atom stereocenters. The number of aromatic nitrogens is 1. The lowest BCUT2D eigenvalue weighted by atomic mass is 9.96. The Bertz CT molecular complexity index is 786. The van der Waals surface area contributed by atoms with Crippen molar-refractivity contribution in [1.82, 2.24) is 9.88 Å². The molecule has 1 amide bonds. The highest BCUT2D eigenvalue weighted by atomic mass is 35.5. The third-order valence-electron chi connectivity index (χ3n) is 4.78. The van der Waals surface area contributed by atoms with E-state index in [2.05, 4.69) is 4.98 Å². The van der Waals surface area contributed by atoms with E-state index in [1.165, 1.54) is 12.3 Å². The number of hydrogen-bond donors (Lipinski definition) is 1. The van der Waals surface area contributed by atoms with Gasteiger partial charge in [0, 0.05) is 37.5 Å². The predicted molar refractivity (Wildman–Crippen MR) is 108 cm³/mol. The van der Waals surface area contributed by atoms with Crippen molar-refractivity contribution in [1.29, 1.82) is 0 Å². The molecule has 0 saturated carbocycles. The van der Waals surface area contributed by atoms with Gasteiger partial charge in [-0.05, 0) is 38.3 Å². The summed E-state index contributed by atoms with van der Waals surface area (Å²) in [5.41, 5.74) is 6.15. The zero-order valence-corrected chi connectivity index (χ0v) is 17.2. The molecule has 1 aliphatic heterocycles. The van der Waals surface area contributed by atoms with Gasteiger partial charge in [0.25, 0.3) is 0 Å². The van der Waals surface area contributed by atoms with Crippen LogP contribution in [-0.2, 0) is 11.2 Å². The first-order valence-electron chi connectivity index (χ1n) is 8.91. The number of aryl methyl sites for hydroxylation is 1. The quantitative estimate of drug-likeness (QED) is 0.766. The molecule has 2 aromatic rings. The molecule has 0 aliphatic carbocycles. The summed E-state index contributed by atoms with van der Waals surface area (Å²) in [5, 5.41) is 0. The van der Waals surface area contributed by atoms with Gasteiger partial charge in [0.15, 0.2) is 11.7 Å². The van der Waals surface area contributed by atoms with Crippen LogP contribution < -0.4 is 5.73 Å². The van der Waals surface area contributed by atoms with Crippen LogP contribution in [0.5, 0.6) is 0 Å². The van der Waals surface area contributed by atoms with Crippen molar-refractivity contribution in [3.8, 4) is 11.3 Å². The molecular weight excluding hydrogens is 411 g/mol. The molecular formula is C19H25Cl2F2N3O2. The van der Waals surface area contributed by atoms with E-state index in [0.717, 1.165) is 37.9 Å². The molecule has 2 N–H and O–H groups in total. The fourth-order valence-corrected chi connectivity index (χ4v) is 3.41. The van der Waals surface area contributed by atoms with Crippen LogP contribution in [0.4, 0.5) is 8.78 Å². The van der Waals surface area contributed by atoms with E-state index in [1.54, 1.807) is 0 Å². The Hall–Kier alpha value is -1.70. The normalized spacial score (nSPS) is 17.4. The fourth-order valence-electron chi connectivity index (χ4n) is 3.41. The van der Waals surface area contributed by atoms with Crippen molar-refractivity contribution < 1.29 is 18.0 Å². The van der Waals surface area contributed by atoms with Gasteiger partial charge in [0.2, 0.25) is 5.91 Å². The minimum Gasteiger partial charge on any atom is -0.441 e. The molecule has 28 heavy (non-hydrogen) atoms. The molecule has 1 fully saturated rings. The van der Waals surface area contributed by atoms with Crippen LogP contribution in [0.1, 0.15) is 38.5 Å². The minimum atomic E-state index is -0.711. The number of benzene rings is 1. The number of rotatable bonds is 5. The van der Waals surface area contributed by atoms with E-state index in [-0.39, 0.29) is 60.5 Å². The summed E-state index contributed by atoms with van der Waals surface area (Å²) in [6.07, 6.45) is 4.97. The van der Waals surface area contributed by atoms with Crippen LogP contribution >= 0.6 is 24.8 Å². The number of piperidine rings is 1. The molecule has 1 aliphatic rings. The van der Waals surface area contributed by atoms with Crippen LogP contribution in [0.3, 0.4) is 0 Å². The van der Waals surface area contributed by atoms with E-state index in [0.29, 0.717) is 12.3 Å². The Morgan fingerprint density at radius 2 is 2.11 bits per heavy atom. The highest BCUT2D eigenvalue weighted by Gasteiger charge is 2.29. The van der Waals surface area contributed by atoms with E-state index >= 15 is 0 Å². The monoisotopic (exact) mass is 435 g/mol. The maximum atomic E-state index is 13.8. The Morgan fingerprint density at radius 1 is 1.36 bits per heavy atom. The molecule has 5 nitrogen and oxygen atoms in total. The second-order valence-electron chi connectivity index (χ2n) is 6.75. The SMILES string of the molecule is CC(N)C1CCCCN1C(=O)CCc1ncc(-c2ccc(F)cc2F)o1.Cl.Cl. The van der Waals surface area contributed by atoms with Crippen molar-refractivity contribution >= 4 is 30.7 Å². The van der Waals surface area contributed by atoms with Crippen LogP contribution in [0, 0.1) is 11.6 Å². The summed E-state index contributed by atoms with van der Waals surface area (Å²) in [6, 6.07) is 3.28. The summed E-state index contributed by atoms with van der Waals surface area (Å²) in [6.45, 7) is 2.65. The lowest BCUT2D eigenvalue weighted by Gasteiger charge is -2.38. The first kappa shape index (κ1) is 24.3. The smallest absolute Gasteiger partial charge is 0.223 e. The first-order valence-corrected chi connectivity index (χ1v) is 8.91. The summed E-state index contributed by atoms with van der Waals surface area (Å²) in [7, 11) is 0. The Balaban J connectivity index is 0.00000196. The van der Waals surface area contributed by atoms with Gasteiger partial charge in [-0.15, -0.1) is 24.8 Å². The predicted octanol–water partition coefficient (Wildman–Crippen LogP) is 4.12. The van der Waals surface area contributed by atoms with Gasteiger partial charge < -0.3 is 15.1 Å². The van der Waals surface area contributed by atoms with E-state index in [9.17, 15) is 13.6 Å². The van der Waals surface area contributed by atoms with Gasteiger partial charge >= 0.3 is 0 Å². The maximum Gasteiger partial charge on any atom is 0.223 e. The van der Waals surface area contributed by atoms with Crippen molar-refractivity contribution in [2.45, 2.75) is 51.1 Å². The molecule has 0 bridgehead atoms. The highest BCUT2D eigenvalue weighted by Crippen LogP contribution is 2.25. The number of amides is 1. The van der Waals surface area contributed by atoms with Gasteiger partial charge in [0.05, 0.1) is 11.8 Å². The largest absolute Gasteiger partial charge is 0.441 e. The van der Waals surface area contributed by atoms with Gasteiger partial charge in [-0.2, -0.15) is 0 Å². The molecule has 1 aromatic heterocycles.